The zero-order valence-corrected chi connectivity index (χ0v) is 15.6. The molecule has 6 heteroatoms. The Hall–Kier alpha value is -0.620. The fraction of sp³-hybridized carbons (Fsp3) is 0.941. The van der Waals surface area contributed by atoms with E-state index in [1.54, 1.807) is 6.92 Å². The Labute approximate surface area is 142 Å². The van der Waals surface area contributed by atoms with Crippen LogP contribution < -0.4 is 0 Å². The van der Waals surface area contributed by atoms with Gasteiger partial charge in [0.15, 0.2) is 0 Å². The third-order valence-electron chi connectivity index (χ3n) is 4.08. The van der Waals surface area contributed by atoms with E-state index in [0.29, 0.717) is 6.42 Å². The maximum Gasteiger partial charge on any atom is 0.448 e. The number of carbonyl (C=O) groups excluding carboxylic acids is 1. The third kappa shape index (κ3) is 16.0. The van der Waals surface area contributed by atoms with Crippen molar-refractivity contribution in [1.82, 2.24) is 0 Å². The van der Waals surface area contributed by atoms with Gasteiger partial charge in [0, 0.05) is 0 Å². The topological polar surface area (TPSA) is 80.7 Å². The highest BCUT2D eigenvalue weighted by atomic mass is 32.3. The maximum absolute atomic E-state index is 11.3. The van der Waals surface area contributed by atoms with Crippen LogP contribution in [0.4, 0.5) is 0 Å². The van der Waals surface area contributed by atoms with Crippen molar-refractivity contribution in [3.05, 3.63) is 0 Å². The summed E-state index contributed by atoms with van der Waals surface area (Å²) in [5.41, 5.74) is 0. The molecule has 0 saturated heterocycles. The molecular weight excluding hydrogens is 316 g/mol. The molecule has 0 heterocycles. The van der Waals surface area contributed by atoms with E-state index in [2.05, 4.69) is 11.1 Å². The highest BCUT2D eigenvalue weighted by Gasteiger charge is 2.19. The van der Waals surface area contributed by atoms with Crippen LogP contribution in [0, 0.1) is 5.92 Å². The van der Waals surface area contributed by atoms with Crippen LogP contribution in [0.2, 0.25) is 0 Å². The first-order valence-corrected chi connectivity index (χ1v) is 10.4. The molecule has 5 nitrogen and oxygen atoms in total. The lowest BCUT2D eigenvalue weighted by molar-refractivity contribution is -0.138. The predicted molar refractivity (Wildman–Crippen MR) is 92.5 cm³/mol. The number of carbonyl (C=O) groups is 1. The molecule has 0 spiro atoms. The SMILES string of the molecule is CCCCCCCCCCCCCCC(C)C(=O)OS(=O)(=O)O. The molecule has 0 aromatic carbocycles. The summed E-state index contributed by atoms with van der Waals surface area (Å²) in [6.45, 7) is 3.85. The first-order chi connectivity index (χ1) is 10.9. The van der Waals surface area contributed by atoms with Gasteiger partial charge in [-0.2, -0.15) is 8.42 Å². The summed E-state index contributed by atoms with van der Waals surface area (Å²) in [7, 11) is -4.67. The summed E-state index contributed by atoms with van der Waals surface area (Å²) in [6, 6.07) is 0. The Morgan fingerprint density at radius 1 is 0.870 bits per heavy atom. The highest BCUT2D eigenvalue weighted by molar-refractivity contribution is 7.81. The van der Waals surface area contributed by atoms with Gasteiger partial charge in [0.1, 0.15) is 0 Å². The molecule has 0 saturated carbocycles. The lowest BCUT2D eigenvalue weighted by Crippen LogP contribution is -2.18. The van der Waals surface area contributed by atoms with Gasteiger partial charge < -0.3 is 4.18 Å². The van der Waals surface area contributed by atoms with Crippen LogP contribution >= 0.6 is 0 Å². The molecule has 0 bridgehead atoms. The zero-order valence-electron chi connectivity index (χ0n) is 14.8. The molecule has 0 aromatic rings. The van der Waals surface area contributed by atoms with Crippen LogP contribution in [0.25, 0.3) is 0 Å². The molecule has 138 valence electrons. The molecule has 0 fully saturated rings. The molecule has 0 aliphatic carbocycles. The van der Waals surface area contributed by atoms with Gasteiger partial charge in [0.25, 0.3) is 0 Å². The number of unbranched alkanes of at least 4 members (excludes halogenated alkanes) is 11. The minimum Gasteiger partial charge on any atom is -0.325 e. The maximum atomic E-state index is 11.3. The second-order valence-corrected chi connectivity index (χ2v) is 7.43. The molecule has 0 radical (unpaired) electrons. The highest BCUT2D eigenvalue weighted by Crippen LogP contribution is 2.15. The fourth-order valence-corrected chi connectivity index (χ4v) is 2.97. The smallest absolute Gasteiger partial charge is 0.325 e. The van der Waals surface area contributed by atoms with Crippen LogP contribution in [-0.2, 0) is 19.4 Å². The minimum atomic E-state index is -4.67. The predicted octanol–water partition coefficient (Wildman–Crippen LogP) is 5.06. The number of hydrogen-bond acceptors (Lipinski definition) is 4. The Bertz CT molecular complexity index is 392. The molecular formula is C17H34O5S. The fourth-order valence-electron chi connectivity index (χ4n) is 2.60. The van der Waals surface area contributed by atoms with E-state index in [0.717, 1.165) is 19.3 Å². The van der Waals surface area contributed by atoms with Gasteiger partial charge in [-0.3, -0.25) is 9.35 Å². The summed E-state index contributed by atoms with van der Waals surface area (Å²) in [4.78, 5) is 11.3. The van der Waals surface area contributed by atoms with E-state index in [9.17, 15) is 13.2 Å². The van der Waals surface area contributed by atoms with Crippen molar-refractivity contribution in [3.63, 3.8) is 0 Å². The summed E-state index contributed by atoms with van der Waals surface area (Å²) < 4.78 is 33.3. The molecule has 0 amide bonds. The first-order valence-electron chi connectivity index (χ1n) is 9.07. The average Bonchev–Trinajstić information content (AvgIpc) is 2.46. The monoisotopic (exact) mass is 350 g/mol. The summed E-state index contributed by atoms with van der Waals surface area (Å²) in [6.07, 6.45) is 15.5. The summed E-state index contributed by atoms with van der Waals surface area (Å²) in [5.74, 6) is -1.38. The van der Waals surface area contributed by atoms with Crippen LogP contribution in [0.15, 0.2) is 0 Å². The van der Waals surface area contributed by atoms with Gasteiger partial charge in [-0.15, -0.1) is 0 Å². The molecule has 1 unspecified atom stereocenters. The normalized spacial score (nSPS) is 13.0. The number of hydrogen-bond donors (Lipinski definition) is 1. The van der Waals surface area contributed by atoms with Gasteiger partial charge in [0.05, 0.1) is 5.92 Å². The Morgan fingerprint density at radius 3 is 1.65 bits per heavy atom. The summed E-state index contributed by atoms with van der Waals surface area (Å²) >= 11 is 0. The quantitative estimate of drug-likeness (QED) is 0.330. The second-order valence-electron chi connectivity index (χ2n) is 6.41. The van der Waals surface area contributed by atoms with E-state index in [4.69, 9.17) is 4.55 Å². The minimum absolute atomic E-state index is 0.500. The Balaban J connectivity index is 3.37. The van der Waals surface area contributed by atoms with Crippen LogP contribution in [0.3, 0.4) is 0 Å². The van der Waals surface area contributed by atoms with Crippen molar-refractivity contribution in [2.75, 3.05) is 0 Å². The zero-order chi connectivity index (χ0) is 17.6. The van der Waals surface area contributed by atoms with Crippen molar-refractivity contribution >= 4 is 16.4 Å². The summed E-state index contributed by atoms with van der Waals surface area (Å²) in [5, 5.41) is 0. The average molecular weight is 351 g/mol. The van der Waals surface area contributed by atoms with Crippen molar-refractivity contribution in [2.45, 2.75) is 97.3 Å². The van der Waals surface area contributed by atoms with Crippen molar-refractivity contribution in [3.8, 4) is 0 Å². The number of rotatable bonds is 15. The lowest BCUT2D eigenvalue weighted by atomic mass is 10.0. The van der Waals surface area contributed by atoms with Gasteiger partial charge in [-0.25, -0.2) is 0 Å². The Kier molecular flexibility index (Phi) is 13.4. The second kappa shape index (κ2) is 13.8. The van der Waals surface area contributed by atoms with Crippen molar-refractivity contribution in [2.24, 2.45) is 5.92 Å². The van der Waals surface area contributed by atoms with E-state index in [1.165, 1.54) is 57.8 Å². The van der Waals surface area contributed by atoms with Crippen LogP contribution in [0.1, 0.15) is 97.3 Å². The van der Waals surface area contributed by atoms with E-state index < -0.39 is 22.3 Å². The first kappa shape index (κ1) is 22.4. The lowest BCUT2D eigenvalue weighted by Gasteiger charge is -2.08. The largest absolute Gasteiger partial charge is 0.448 e. The molecule has 1 N–H and O–H groups in total. The molecule has 1 atom stereocenters. The molecule has 23 heavy (non-hydrogen) atoms. The van der Waals surface area contributed by atoms with Gasteiger partial charge in [-0.1, -0.05) is 90.9 Å². The van der Waals surface area contributed by atoms with Crippen molar-refractivity contribution in [1.29, 1.82) is 0 Å². The molecule has 0 aliphatic heterocycles. The standard InChI is InChI=1S/C17H34O5S/c1-3-4-5-6-7-8-9-10-11-12-13-14-15-16(2)17(18)22-23(19,20)21/h16H,3-15H2,1-2H3,(H,19,20,21). The van der Waals surface area contributed by atoms with Gasteiger partial charge >= 0.3 is 16.4 Å². The molecule has 0 aromatic heterocycles. The third-order valence-corrected chi connectivity index (χ3v) is 4.46. The van der Waals surface area contributed by atoms with Crippen LogP contribution in [0.5, 0.6) is 0 Å². The van der Waals surface area contributed by atoms with Gasteiger partial charge in [0.2, 0.25) is 0 Å². The van der Waals surface area contributed by atoms with E-state index in [1.807, 2.05) is 0 Å². The van der Waals surface area contributed by atoms with E-state index >= 15 is 0 Å². The molecule has 0 rings (SSSR count). The van der Waals surface area contributed by atoms with Gasteiger partial charge in [-0.05, 0) is 6.42 Å². The Morgan fingerprint density at radius 2 is 1.26 bits per heavy atom. The van der Waals surface area contributed by atoms with Crippen molar-refractivity contribution < 1.29 is 21.9 Å². The van der Waals surface area contributed by atoms with Crippen LogP contribution in [-0.4, -0.2) is 18.9 Å². The molecule has 0 aliphatic rings. The van der Waals surface area contributed by atoms with E-state index in [-0.39, 0.29) is 0 Å².